The van der Waals surface area contributed by atoms with Crippen molar-refractivity contribution in [3.63, 3.8) is 0 Å². The van der Waals surface area contributed by atoms with E-state index in [1.165, 1.54) is 9.21 Å². The molecule has 1 aromatic rings. The lowest BCUT2D eigenvalue weighted by Gasteiger charge is -2.36. The van der Waals surface area contributed by atoms with E-state index in [0.717, 1.165) is 11.1 Å². The van der Waals surface area contributed by atoms with E-state index in [1.54, 1.807) is 6.92 Å². The molecular weight excluding hydrogens is 342 g/mol. The number of carbonyl (C=O) groups is 2. The van der Waals surface area contributed by atoms with E-state index in [9.17, 15) is 18.0 Å². The quantitative estimate of drug-likeness (QED) is 0.813. The van der Waals surface area contributed by atoms with Crippen molar-refractivity contribution in [2.24, 2.45) is 0 Å². The van der Waals surface area contributed by atoms with Crippen LogP contribution in [0.4, 0.5) is 4.79 Å². The van der Waals surface area contributed by atoms with Gasteiger partial charge in [-0.05, 0) is 32.3 Å². The number of rotatable bonds is 4. The highest BCUT2D eigenvalue weighted by Gasteiger charge is 2.53. The Morgan fingerprint density at radius 2 is 1.72 bits per heavy atom. The first-order chi connectivity index (χ1) is 11.8. The number of piperidine rings is 1. The maximum absolute atomic E-state index is 12.9. The Bertz CT molecular complexity index is 781. The summed E-state index contributed by atoms with van der Waals surface area (Å²) >= 11 is 0. The number of hydrogen-bond acceptors (Lipinski definition) is 4. The molecule has 136 valence electrons. The van der Waals surface area contributed by atoms with Gasteiger partial charge in [-0.1, -0.05) is 29.8 Å². The summed E-state index contributed by atoms with van der Waals surface area (Å²) in [5.74, 6) is -0.216. The Balaban J connectivity index is 1.72. The van der Waals surface area contributed by atoms with Gasteiger partial charge in [0, 0.05) is 13.1 Å². The van der Waals surface area contributed by atoms with Crippen molar-refractivity contribution in [3.05, 3.63) is 35.4 Å². The maximum atomic E-state index is 12.9. The van der Waals surface area contributed by atoms with Gasteiger partial charge in [-0.2, -0.15) is 0 Å². The number of imide groups is 1. The van der Waals surface area contributed by atoms with Gasteiger partial charge in [-0.25, -0.2) is 17.5 Å². The number of benzene rings is 1. The number of aryl methyl sites for hydroxylation is 1. The fourth-order valence-electron chi connectivity index (χ4n) is 3.36. The predicted octanol–water partition coefficient (Wildman–Crippen LogP) is 1.23. The first kappa shape index (κ1) is 17.9. The Labute approximate surface area is 148 Å². The lowest BCUT2D eigenvalue weighted by molar-refractivity contribution is -0.133. The summed E-state index contributed by atoms with van der Waals surface area (Å²) in [5.41, 5.74) is 1.03. The summed E-state index contributed by atoms with van der Waals surface area (Å²) in [4.78, 5) is 26.4. The van der Waals surface area contributed by atoms with E-state index in [4.69, 9.17) is 0 Å². The summed E-state index contributed by atoms with van der Waals surface area (Å²) in [6.45, 7) is 4.31. The minimum absolute atomic E-state index is 0.0415. The lowest BCUT2D eigenvalue weighted by Crippen LogP contribution is -2.56. The Hall–Kier alpha value is -1.93. The van der Waals surface area contributed by atoms with Crippen LogP contribution in [0.2, 0.25) is 0 Å². The van der Waals surface area contributed by atoms with E-state index in [-0.39, 0.29) is 31.3 Å². The number of urea groups is 1. The topological polar surface area (TPSA) is 86.8 Å². The Morgan fingerprint density at radius 3 is 2.28 bits per heavy atom. The van der Waals surface area contributed by atoms with Gasteiger partial charge in [-0.3, -0.25) is 9.69 Å². The number of carbonyl (C=O) groups excluding carboxylic acids is 2. The smallest absolute Gasteiger partial charge is 0.323 e. The maximum Gasteiger partial charge on any atom is 0.325 e. The van der Waals surface area contributed by atoms with Crippen LogP contribution in [0.3, 0.4) is 0 Å². The molecule has 2 heterocycles. The van der Waals surface area contributed by atoms with Crippen LogP contribution in [0.1, 0.15) is 30.9 Å². The molecule has 1 spiro atoms. The molecule has 3 amide bonds. The molecule has 8 heteroatoms. The summed E-state index contributed by atoms with van der Waals surface area (Å²) in [6, 6.07) is 7.28. The second kappa shape index (κ2) is 6.42. The standard InChI is InChI=1S/C17H23N3O4S/c1-3-25(23,24)19-10-8-17(9-11-19)15(21)20(16(22)18-17)12-14-6-4-13(2)5-7-14/h4-7H,3,8-12H2,1-2H3,(H,18,22). The highest BCUT2D eigenvalue weighted by Crippen LogP contribution is 2.31. The van der Waals surface area contributed by atoms with Crippen LogP contribution in [0.25, 0.3) is 0 Å². The van der Waals surface area contributed by atoms with Gasteiger partial charge in [0.25, 0.3) is 5.91 Å². The van der Waals surface area contributed by atoms with Crippen molar-refractivity contribution in [2.75, 3.05) is 18.8 Å². The van der Waals surface area contributed by atoms with Gasteiger partial charge < -0.3 is 5.32 Å². The average Bonchev–Trinajstić information content (AvgIpc) is 2.81. The monoisotopic (exact) mass is 365 g/mol. The summed E-state index contributed by atoms with van der Waals surface area (Å²) < 4.78 is 25.4. The fourth-order valence-corrected chi connectivity index (χ4v) is 4.47. The van der Waals surface area contributed by atoms with E-state index >= 15 is 0 Å². The molecule has 1 N–H and O–H groups in total. The third-order valence-electron chi connectivity index (χ3n) is 5.04. The van der Waals surface area contributed by atoms with Crippen LogP contribution in [-0.2, 0) is 21.4 Å². The van der Waals surface area contributed by atoms with Gasteiger partial charge in [0.15, 0.2) is 0 Å². The van der Waals surface area contributed by atoms with Crippen LogP contribution in [-0.4, -0.2) is 53.9 Å². The van der Waals surface area contributed by atoms with Crippen LogP contribution < -0.4 is 5.32 Å². The van der Waals surface area contributed by atoms with Crippen molar-refractivity contribution in [1.82, 2.24) is 14.5 Å². The molecule has 0 aliphatic carbocycles. The van der Waals surface area contributed by atoms with Gasteiger partial charge in [0.05, 0.1) is 12.3 Å². The molecule has 0 radical (unpaired) electrons. The van der Waals surface area contributed by atoms with Gasteiger partial charge >= 0.3 is 6.03 Å². The molecule has 2 aliphatic rings. The minimum Gasteiger partial charge on any atom is -0.323 e. The van der Waals surface area contributed by atoms with Gasteiger partial charge in [0.2, 0.25) is 10.0 Å². The second-order valence-electron chi connectivity index (χ2n) is 6.69. The van der Waals surface area contributed by atoms with Crippen molar-refractivity contribution in [3.8, 4) is 0 Å². The van der Waals surface area contributed by atoms with Crippen molar-refractivity contribution >= 4 is 22.0 Å². The molecule has 0 aromatic heterocycles. The SMILES string of the molecule is CCS(=O)(=O)N1CCC2(CC1)NC(=O)N(Cc1ccc(C)cc1)C2=O. The van der Waals surface area contributed by atoms with E-state index in [1.807, 2.05) is 31.2 Å². The molecule has 0 atom stereocenters. The van der Waals surface area contributed by atoms with Crippen molar-refractivity contribution in [2.45, 2.75) is 38.8 Å². The fraction of sp³-hybridized carbons (Fsp3) is 0.529. The van der Waals surface area contributed by atoms with Gasteiger partial charge in [-0.15, -0.1) is 0 Å². The molecule has 2 aliphatic heterocycles. The van der Waals surface area contributed by atoms with Crippen LogP contribution in [0.15, 0.2) is 24.3 Å². The molecule has 2 saturated heterocycles. The molecule has 25 heavy (non-hydrogen) atoms. The van der Waals surface area contributed by atoms with Crippen LogP contribution >= 0.6 is 0 Å². The molecule has 2 fully saturated rings. The lowest BCUT2D eigenvalue weighted by atomic mass is 9.88. The summed E-state index contributed by atoms with van der Waals surface area (Å²) in [7, 11) is -3.27. The number of nitrogens with zero attached hydrogens (tertiary/aromatic N) is 2. The van der Waals surface area contributed by atoms with Crippen molar-refractivity contribution < 1.29 is 18.0 Å². The third kappa shape index (κ3) is 3.28. The van der Waals surface area contributed by atoms with E-state index in [2.05, 4.69) is 5.32 Å². The normalized spacial score (nSPS) is 21.0. The summed E-state index contributed by atoms with van der Waals surface area (Å²) in [5, 5.41) is 2.81. The molecule has 0 saturated carbocycles. The molecule has 1 aromatic carbocycles. The van der Waals surface area contributed by atoms with Crippen molar-refractivity contribution in [1.29, 1.82) is 0 Å². The average molecular weight is 365 g/mol. The Kier molecular flexibility index (Phi) is 4.59. The zero-order valence-corrected chi connectivity index (χ0v) is 15.3. The number of amides is 3. The number of hydrogen-bond donors (Lipinski definition) is 1. The van der Waals surface area contributed by atoms with E-state index in [0.29, 0.717) is 12.8 Å². The second-order valence-corrected chi connectivity index (χ2v) is 8.95. The third-order valence-corrected chi connectivity index (χ3v) is 6.92. The first-order valence-corrected chi connectivity index (χ1v) is 10.1. The molecule has 0 unspecified atom stereocenters. The molecule has 0 bridgehead atoms. The zero-order valence-electron chi connectivity index (χ0n) is 14.5. The zero-order chi connectivity index (χ0) is 18.2. The summed E-state index contributed by atoms with van der Waals surface area (Å²) in [6.07, 6.45) is 0.613. The van der Waals surface area contributed by atoms with Crippen LogP contribution in [0, 0.1) is 6.92 Å². The number of nitrogens with one attached hydrogen (secondary N) is 1. The van der Waals surface area contributed by atoms with Gasteiger partial charge in [0.1, 0.15) is 5.54 Å². The molecular formula is C17H23N3O4S. The highest BCUT2D eigenvalue weighted by molar-refractivity contribution is 7.89. The highest BCUT2D eigenvalue weighted by atomic mass is 32.2. The molecule has 7 nitrogen and oxygen atoms in total. The minimum atomic E-state index is -3.27. The first-order valence-electron chi connectivity index (χ1n) is 8.45. The van der Waals surface area contributed by atoms with E-state index < -0.39 is 21.6 Å². The largest absolute Gasteiger partial charge is 0.325 e. The number of sulfonamides is 1. The predicted molar refractivity (Wildman–Crippen MR) is 93.3 cm³/mol. The molecule has 3 rings (SSSR count). The Morgan fingerprint density at radius 1 is 1.12 bits per heavy atom. The van der Waals surface area contributed by atoms with Crippen LogP contribution in [0.5, 0.6) is 0 Å².